The number of carbonyl (C=O) groups excluding carboxylic acids is 9. The van der Waals surface area contributed by atoms with E-state index in [1.165, 1.54) is 52.6 Å². The zero-order valence-electron chi connectivity index (χ0n) is 75.4. The summed E-state index contributed by atoms with van der Waals surface area (Å²) in [7, 11) is 0. The smallest absolute Gasteiger partial charge is 1.00 e. The molecular formula is C83H108Cl4N25NaO13S3. The number of alkyl halides is 2. The predicted molar refractivity (Wildman–Crippen MR) is 492 cm³/mol. The van der Waals surface area contributed by atoms with Crippen molar-refractivity contribution < 1.29 is 93.1 Å². The van der Waals surface area contributed by atoms with E-state index in [4.69, 9.17) is 86.9 Å². The Bertz CT molecular complexity index is 5400. The second-order valence-electron chi connectivity index (χ2n) is 32.8. The Kier molecular flexibility index (Phi) is 41.0. The Labute approximate surface area is 803 Å². The zero-order chi connectivity index (χ0) is 93.6. The quantitative estimate of drug-likeness (QED) is 0.0252. The number of nitrogens with one attached hydrogen (secondary N) is 4. The largest absolute Gasteiger partial charge is 1.00 e. The van der Waals surface area contributed by atoms with Crippen molar-refractivity contribution in [1.29, 1.82) is 15.8 Å². The maximum absolute atomic E-state index is 12.9. The van der Waals surface area contributed by atoms with Crippen LogP contribution in [0.1, 0.15) is 99.1 Å². The van der Waals surface area contributed by atoms with Gasteiger partial charge >= 0.3 is 53.9 Å². The molecular weight excluding hydrogens is 1820 g/mol. The first-order valence-corrected chi connectivity index (χ1v) is 45.0. The summed E-state index contributed by atoms with van der Waals surface area (Å²) in [5.74, 6) is 1.21. The van der Waals surface area contributed by atoms with Crippen molar-refractivity contribution in [3.63, 3.8) is 0 Å². The summed E-state index contributed by atoms with van der Waals surface area (Å²) in [5, 5.41) is 43.0. The van der Waals surface area contributed by atoms with Crippen LogP contribution in [-0.2, 0) is 62.6 Å². The van der Waals surface area contributed by atoms with Gasteiger partial charge in [0.25, 0.3) is 0 Å². The number of carbonyl (C=O) groups is 9. The van der Waals surface area contributed by atoms with E-state index in [-0.39, 0.29) is 109 Å². The van der Waals surface area contributed by atoms with Gasteiger partial charge in [-0.05, 0) is 131 Å². The molecule has 14 heterocycles. The number of ether oxygens (including phenoxy) is 4. The van der Waals surface area contributed by atoms with Crippen LogP contribution in [0.4, 0.5) is 46.2 Å². The number of nitrogen functional groups attached to an aromatic ring is 1. The molecule has 9 aromatic heterocycles. The van der Waals surface area contributed by atoms with E-state index in [1.54, 1.807) is 52.9 Å². The van der Waals surface area contributed by atoms with Crippen LogP contribution in [0.5, 0.6) is 0 Å². The Morgan fingerprint density at radius 1 is 0.419 bits per heavy atom. The summed E-state index contributed by atoms with van der Waals surface area (Å²) in [6, 6.07) is 17.4. The molecule has 0 spiro atoms. The number of nitrogens with two attached hydrogens (primary N) is 1. The summed E-state index contributed by atoms with van der Waals surface area (Å²) in [5.41, 5.74) is 5.96. The van der Waals surface area contributed by atoms with Gasteiger partial charge in [-0.1, -0.05) is 45.6 Å². The van der Waals surface area contributed by atoms with E-state index >= 15 is 0 Å². The third-order valence-corrected chi connectivity index (χ3v) is 22.0. The molecule has 5 aliphatic heterocycles. The molecule has 38 nitrogen and oxygen atoms in total. The van der Waals surface area contributed by atoms with Crippen LogP contribution in [0.2, 0.25) is 5.15 Å². The number of pyridine rings is 3. The fourth-order valence-corrected chi connectivity index (χ4v) is 14.7. The van der Waals surface area contributed by atoms with Crippen LogP contribution in [0.15, 0.2) is 92.2 Å². The molecule has 0 unspecified atom stereocenters. The average molecular weight is 1920 g/mol. The van der Waals surface area contributed by atoms with Crippen molar-refractivity contribution in [3.8, 4) is 18.2 Å². The standard InChI is InChI=1S/C22H25N7O3S.C18H23ClN4O3.C17H17N7OS.C11H19ClN2O3.C9H18N2O2.C4H3N3S.C2H2Cl2O.Na.H/c1-22(2,3)32-21(31)28-10-8-27(9-11-28)18(30)14-29-7-5-16-17(29)4-6-24-19(16)26-20-25-13-15(12-23)33-20;1-18(2,3)26-17(25)22-10-8-21(9-11-22)15(24)12-23-7-5-13-14(23)4-6-20-16(13)19;18-9-12-10-21-17(26-12)22-16-13-2-6-24(14(13)1-3-20-16)11-15(25)23-7-4-19-5-8-23;1-11(2,3)17-10(16)14-6-4-13(5-7-14)9(15)8-12;1-9(2,3)13-8(12)11-6-4-10-5-7-11;5-1-3-2-7-4(6)8-3;3-1-2(4)5;;/h4-7,13H,8-11,14H2,1-3H3,(H,24,25,26);4-7H,8-12H2,1-3H3;1-3,6,10,19H,4-5,7-8,11H2,(H,20,21,22);4-8H2,1-3H3;10H,4-7H2,1-3H3;2H,(H2,6,7);1H2;;/q;;;;;;;+1;-1. The third kappa shape index (κ3) is 34.4. The van der Waals surface area contributed by atoms with E-state index < -0.39 is 22.0 Å². The van der Waals surface area contributed by atoms with Gasteiger partial charge < -0.3 is 100 Å². The monoisotopic (exact) mass is 1920 g/mol. The molecule has 5 saturated heterocycles. The molecule has 0 bridgehead atoms. The summed E-state index contributed by atoms with van der Waals surface area (Å²) in [4.78, 5) is 147. The van der Waals surface area contributed by atoms with Crippen LogP contribution < -0.4 is 56.6 Å². The first-order chi connectivity index (χ1) is 60.6. The van der Waals surface area contributed by atoms with Crippen LogP contribution in [0, 0.1) is 34.0 Å². The maximum Gasteiger partial charge on any atom is 1.00 e. The van der Waals surface area contributed by atoms with E-state index in [2.05, 4.69) is 63.3 Å². The molecule has 14 rings (SSSR count). The maximum atomic E-state index is 12.9. The van der Waals surface area contributed by atoms with Gasteiger partial charge in [-0.25, -0.2) is 49.1 Å². The SMILES string of the molecule is CC(C)(C)OC(=O)N1CCN(C(=O)CCl)CC1.CC(C)(C)OC(=O)N1CCN(C(=O)Cn2ccc3c(Cl)nccc32)CC1.CC(C)(C)OC(=O)N1CCN(C(=O)Cn2ccc3c(Nc4ncc(C#N)s4)nccc32)CC1.CC(C)(C)OC(=O)N1CCNCC1.N#Cc1cnc(N)s1.N#Cc1cnc(Nc2nccc3c2ccn3CC(=O)N2CCNCC2)s1.O=C(Cl)CCl.[H-].[Na+]. The number of rotatable bonds is 12. The van der Waals surface area contributed by atoms with Gasteiger partial charge in [0, 0.05) is 184 Å². The van der Waals surface area contributed by atoms with Crippen LogP contribution in [-0.4, -0.2) is 301 Å². The molecule has 9 aromatic rings. The number of thiazole rings is 3. The first kappa shape index (κ1) is 106. The molecule has 0 aromatic carbocycles. The van der Waals surface area contributed by atoms with Gasteiger partial charge in [0.05, 0.1) is 41.0 Å². The van der Waals surface area contributed by atoms with Gasteiger partial charge in [-0.15, -0.1) is 23.2 Å². The number of nitrogens with zero attached hydrogens (tertiary/aromatic N) is 20. The second-order valence-corrected chi connectivity index (χ2v) is 37.2. The molecule has 0 radical (unpaired) electrons. The number of fused-ring (bicyclic) bond motifs is 3. The molecule has 5 fully saturated rings. The predicted octanol–water partition coefficient (Wildman–Crippen LogP) is 8.33. The topological polar surface area (TPSA) is 454 Å². The van der Waals surface area contributed by atoms with Crippen LogP contribution in [0.3, 0.4) is 0 Å². The summed E-state index contributed by atoms with van der Waals surface area (Å²) >= 11 is 24.8. The molecule has 5 aliphatic rings. The summed E-state index contributed by atoms with van der Waals surface area (Å²) < 4.78 is 27.0. The summed E-state index contributed by atoms with van der Waals surface area (Å²) in [6.07, 6.45) is 13.9. The minimum absolute atomic E-state index is 0. The number of piperazine rings is 5. The molecule has 0 atom stereocenters. The fourth-order valence-electron chi connectivity index (χ4n) is 12.6. The van der Waals surface area contributed by atoms with Crippen LogP contribution >= 0.6 is 80.4 Å². The molecule has 0 saturated carbocycles. The van der Waals surface area contributed by atoms with Gasteiger partial charge in [0.1, 0.15) is 97.5 Å². The number of halogens is 4. The molecule has 46 heteroatoms. The minimum atomic E-state index is -0.542. The van der Waals surface area contributed by atoms with E-state index in [9.17, 15) is 43.2 Å². The summed E-state index contributed by atoms with van der Waals surface area (Å²) in [6.45, 7) is 35.1. The normalized spacial score (nSPS) is 14.6. The number of anilines is 5. The van der Waals surface area contributed by atoms with Gasteiger partial charge in [0.15, 0.2) is 15.4 Å². The Hall–Kier alpha value is -10.5. The minimum Gasteiger partial charge on any atom is -1.00 e. The fraction of sp³-hybridized carbons (Fsp3) is 0.494. The van der Waals surface area contributed by atoms with Crippen molar-refractivity contribution in [2.45, 2.75) is 125 Å². The van der Waals surface area contributed by atoms with Crippen molar-refractivity contribution in [3.05, 3.63) is 112 Å². The molecule has 0 aliphatic carbocycles. The molecule has 6 N–H and O–H groups in total. The Morgan fingerprint density at radius 2 is 0.698 bits per heavy atom. The van der Waals surface area contributed by atoms with E-state index in [0.29, 0.717) is 132 Å². The van der Waals surface area contributed by atoms with Crippen LogP contribution in [0.25, 0.3) is 32.7 Å². The van der Waals surface area contributed by atoms with Crippen molar-refractivity contribution in [2.75, 3.05) is 159 Å². The molecule has 8 amide bonds. The Balaban J connectivity index is 0.000000247. The van der Waals surface area contributed by atoms with Crippen molar-refractivity contribution >= 4 is 193 Å². The molecule has 690 valence electrons. The Morgan fingerprint density at radius 3 is 0.992 bits per heavy atom. The number of hydrogen-bond acceptors (Lipinski definition) is 30. The van der Waals surface area contributed by atoms with Gasteiger partial charge in [-0.3, -0.25) is 24.0 Å². The number of hydrogen-bond donors (Lipinski definition) is 5. The number of nitriles is 3. The van der Waals surface area contributed by atoms with E-state index in [0.717, 1.165) is 85.1 Å². The second kappa shape index (κ2) is 50.1. The van der Waals surface area contributed by atoms with Gasteiger partial charge in [-0.2, -0.15) is 15.8 Å². The van der Waals surface area contributed by atoms with Gasteiger partial charge in [0.2, 0.25) is 28.9 Å². The first-order valence-electron chi connectivity index (χ1n) is 40.7. The molecule has 129 heavy (non-hydrogen) atoms. The van der Waals surface area contributed by atoms with Crippen molar-refractivity contribution in [2.24, 2.45) is 0 Å². The zero-order valence-corrected chi connectivity index (χ0v) is 81.9. The third-order valence-electron chi connectivity index (χ3n) is 18.6. The van der Waals surface area contributed by atoms with Crippen molar-refractivity contribution in [1.82, 2.24) is 93.4 Å². The number of aromatic nitrogens is 9. The number of amides is 8. The van der Waals surface area contributed by atoms with E-state index in [1.807, 2.05) is 163 Å². The average Bonchev–Trinajstić information content (AvgIpc) is 1.68.